The maximum absolute atomic E-state index is 13.3. The Morgan fingerprint density at radius 1 is 0.750 bits per heavy atom. The predicted octanol–water partition coefficient (Wildman–Crippen LogP) is 9.07. The van der Waals surface area contributed by atoms with Crippen molar-refractivity contribution in [3.05, 3.63) is 69.0 Å². The van der Waals surface area contributed by atoms with Crippen LogP contribution in [0.5, 0.6) is 0 Å². The summed E-state index contributed by atoms with van der Waals surface area (Å²) in [4.78, 5) is 1.24. The fraction of sp³-hybridized carbons (Fsp3) is 0.333. The van der Waals surface area contributed by atoms with Gasteiger partial charge < -0.3 is 4.42 Å². The summed E-state index contributed by atoms with van der Waals surface area (Å²) in [5, 5.41) is 0. The van der Waals surface area contributed by atoms with E-state index in [1.54, 1.807) is 6.07 Å². The van der Waals surface area contributed by atoms with Crippen LogP contribution in [0, 0.1) is 20.8 Å². The van der Waals surface area contributed by atoms with Gasteiger partial charge in [0.15, 0.2) is 0 Å². The van der Waals surface area contributed by atoms with Gasteiger partial charge in [-0.3, -0.25) is 0 Å². The van der Waals surface area contributed by atoms with Gasteiger partial charge in [-0.2, -0.15) is 26.3 Å². The van der Waals surface area contributed by atoms with Gasteiger partial charge in [-0.15, -0.1) is 11.3 Å². The van der Waals surface area contributed by atoms with Crippen molar-refractivity contribution in [1.29, 1.82) is 0 Å². The van der Waals surface area contributed by atoms with Gasteiger partial charge in [0.05, 0.1) is 11.1 Å². The van der Waals surface area contributed by atoms with Crippen LogP contribution in [0.15, 0.2) is 34.7 Å². The van der Waals surface area contributed by atoms with Gasteiger partial charge in [0.1, 0.15) is 11.5 Å². The fourth-order valence-corrected chi connectivity index (χ4v) is 5.32. The Morgan fingerprint density at radius 3 is 1.81 bits per heavy atom. The summed E-state index contributed by atoms with van der Waals surface area (Å²) in [6.07, 6.45) is -7.17. The lowest BCUT2D eigenvalue weighted by Gasteiger charge is -2.13. The second-order valence-corrected chi connectivity index (χ2v) is 9.27. The third-order valence-corrected chi connectivity index (χ3v) is 6.80. The van der Waals surface area contributed by atoms with Crippen LogP contribution in [0.1, 0.15) is 57.9 Å². The highest BCUT2D eigenvalue weighted by Gasteiger charge is 2.37. The minimum absolute atomic E-state index is 0.0815. The van der Waals surface area contributed by atoms with Crippen LogP contribution >= 0.6 is 11.3 Å². The van der Waals surface area contributed by atoms with Crippen LogP contribution in [0.25, 0.3) is 21.6 Å². The van der Waals surface area contributed by atoms with Crippen LogP contribution in [0.3, 0.4) is 0 Å². The summed E-state index contributed by atoms with van der Waals surface area (Å²) in [5.41, 5.74) is 1.41. The molecule has 8 heteroatoms. The lowest BCUT2D eigenvalue weighted by molar-refractivity contribution is -0.143. The summed E-state index contributed by atoms with van der Waals surface area (Å²) in [7, 11) is 0. The van der Waals surface area contributed by atoms with Crippen molar-refractivity contribution >= 4 is 22.5 Å². The largest absolute Gasteiger partial charge is 0.466 e. The van der Waals surface area contributed by atoms with Crippen molar-refractivity contribution in [2.75, 3.05) is 0 Å². The van der Waals surface area contributed by atoms with E-state index in [1.165, 1.54) is 11.3 Å². The first-order chi connectivity index (χ1) is 14.8. The molecule has 1 nitrogen and oxygen atoms in total. The van der Waals surface area contributed by atoms with Crippen molar-refractivity contribution in [2.24, 2.45) is 0 Å². The van der Waals surface area contributed by atoms with Crippen molar-refractivity contribution < 1.29 is 30.8 Å². The number of hydrogen-bond acceptors (Lipinski definition) is 2. The molecule has 0 bridgehead atoms. The zero-order valence-electron chi connectivity index (χ0n) is 17.6. The van der Waals surface area contributed by atoms with E-state index in [9.17, 15) is 26.3 Å². The third-order valence-electron chi connectivity index (χ3n) is 5.70. The molecule has 1 aliphatic rings. The lowest BCUT2D eigenvalue weighted by atomic mass is 9.96. The van der Waals surface area contributed by atoms with Gasteiger partial charge in [-0.25, -0.2) is 0 Å². The highest BCUT2D eigenvalue weighted by Crippen LogP contribution is 2.46. The van der Waals surface area contributed by atoms with E-state index in [0.29, 0.717) is 4.88 Å². The zero-order chi connectivity index (χ0) is 23.4. The van der Waals surface area contributed by atoms with E-state index < -0.39 is 23.5 Å². The second kappa shape index (κ2) is 7.83. The van der Waals surface area contributed by atoms with E-state index in [4.69, 9.17) is 4.42 Å². The molecule has 1 aliphatic carbocycles. The Balaban J connectivity index is 1.84. The van der Waals surface area contributed by atoms with Crippen LogP contribution < -0.4 is 0 Å². The quantitative estimate of drug-likeness (QED) is 0.348. The molecule has 0 saturated heterocycles. The molecule has 0 aliphatic heterocycles. The molecule has 0 N–H and O–H groups in total. The molecule has 3 aromatic rings. The molecule has 0 atom stereocenters. The van der Waals surface area contributed by atoms with Gasteiger partial charge in [0, 0.05) is 15.3 Å². The maximum Gasteiger partial charge on any atom is 0.416 e. The summed E-state index contributed by atoms with van der Waals surface area (Å²) < 4.78 is 85.3. The first kappa shape index (κ1) is 22.7. The van der Waals surface area contributed by atoms with Gasteiger partial charge in [0.25, 0.3) is 0 Å². The predicted molar refractivity (Wildman–Crippen MR) is 113 cm³/mol. The number of halogens is 6. The van der Waals surface area contributed by atoms with Gasteiger partial charge in [-0.05, 0) is 92.6 Å². The minimum atomic E-state index is -4.87. The average Bonchev–Trinajstić information content (AvgIpc) is 3.38. The Hall–Kier alpha value is -2.48. The van der Waals surface area contributed by atoms with Crippen LogP contribution in [0.2, 0.25) is 0 Å². The number of allylic oxidation sites excluding steroid dienone is 2. The molecule has 1 aromatic carbocycles. The number of benzene rings is 1. The fourth-order valence-electron chi connectivity index (χ4n) is 4.29. The number of rotatable bonds is 3. The van der Waals surface area contributed by atoms with Gasteiger partial charge >= 0.3 is 12.4 Å². The summed E-state index contributed by atoms with van der Waals surface area (Å²) in [6.45, 7) is 5.60. The number of furan rings is 1. The van der Waals surface area contributed by atoms with Crippen LogP contribution in [-0.2, 0) is 12.4 Å². The normalized spacial score (nSPS) is 15.2. The molecule has 0 spiro atoms. The molecular weight excluding hydrogens is 450 g/mol. The van der Waals surface area contributed by atoms with E-state index in [-0.39, 0.29) is 11.6 Å². The molecular formula is C24H20F6OS. The molecule has 32 heavy (non-hydrogen) atoms. The standard InChI is InChI=1S/C24H20F6OS/c1-12-7-20(13(2)31-12)18-5-4-6-19(18)21-11-22(32-14(21)3)15-8-16(23(25,26)27)10-17(9-15)24(28,29)30/h7-11H,4-6H2,1-3H3. The Kier molecular flexibility index (Phi) is 5.56. The maximum atomic E-state index is 13.3. The Labute approximate surface area is 185 Å². The van der Waals surface area contributed by atoms with Crippen LogP contribution in [0.4, 0.5) is 26.3 Å². The molecule has 0 saturated carbocycles. The monoisotopic (exact) mass is 470 g/mol. The molecule has 0 amide bonds. The van der Waals surface area contributed by atoms with E-state index in [0.717, 1.165) is 70.1 Å². The number of thiophene rings is 1. The lowest BCUT2D eigenvalue weighted by Crippen LogP contribution is -2.10. The van der Waals surface area contributed by atoms with Gasteiger partial charge in [-0.1, -0.05) is 0 Å². The molecule has 0 unspecified atom stereocenters. The SMILES string of the molecule is Cc1cc(C2=C(c3cc(-c4cc(C(F)(F)F)cc(C(F)(F)F)c4)sc3C)CCC2)c(C)o1. The Morgan fingerprint density at radius 2 is 1.31 bits per heavy atom. The van der Waals surface area contributed by atoms with Gasteiger partial charge in [0.2, 0.25) is 0 Å². The second-order valence-electron chi connectivity index (χ2n) is 8.01. The van der Waals surface area contributed by atoms with Crippen LogP contribution in [-0.4, -0.2) is 0 Å². The Bertz CT molecular complexity index is 1170. The van der Waals surface area contributed by atoms with Crippen molar-refractivity contribution in [3.63, 3.8) is 0 Å². The highest BCUT2D eigenvalue weighted by atomic mass is 32.1. The topological polar surface area (TPSA) is 13.1 Å². The van der Waals surface area contributed by atoms with E-state index in [2.05, 4.69) is 0 Å². The molecule has 2 heterocycles. The number of alkyl halides is 6. The summed E-state index contributed by atoms with van der Waals surface area (Å²) >= 11 is 1.21. The van der Waals surface area contributed by atoms with E-state index in [1.807, 2.05) is 26.8 Å². The van der Waals surface area contributed by atoms with Crippen molar-refractivity contribution in [2.45, 2.75) is 52.4 Å². The molecule has 2 aromatic heterocycles. The average molecular weight is 470 g/mol. The number of aryl methyl sites for hydroxylation is 3. The first-order valence-electron chi connectivity index (χ1n) is 10.0. The molecule has 170 valence electrons. The number of hydrogen-bond donors (Lipinski definition) is 0. The van der Waals surface area contributed by atoms with E-state index >= 15 is 0 Å². The van der Waals surface area contributed by atoms with Crippen molar-refractivity contribution in [3.8, 4) is 10.4 Å². The molecule has 4 rings (SSSR count). The zero-order valence-corrected chi connectivity index (χ0v) is 18.4. The minimum Gasteiger partial charge on any atom is -0.466 e. The summed E-state index contributed by atoms with van der Waals surface area (Å²) in [5.74, 6) is 1.60. The first-order valence-corrected chi connectivity index (χ1v) is 10.9. The molecule has 0 fully saturated rings. The highest BCUT2D eigenvalue weighted by molar-refractivity contribution is 7.15. The third kappa shape index (κ3) is 4.25. The summed E-state index contributed by atoms with van der Waals surface area (Å²) in [6, 6.07) is 5.43. The molecule has 0 radical (unpaired) electrons. The smallest absolute Gasteiger partial charge is 0.416 e. The van der Waals surface area contributed by atoms with Crippen molar-refractivity contribution in [1.82, 2.24) is 0 Å².